The van der Waals surface area contributed by atoms with Crippen LogP contribution in [0.1, 0.15) is 68.6 Å². The van der Waals surface area contributed by atoms with Gasteiger partial charge >= 0.3 is 0 Å². The van der Waals surface area contributed by atoms with Gasteiger partial charge in [0.05, 0.1) is 17.8 Å². The SMILES string of the molecule is CCn1nc(C(C)C)cc1C(=O)N(C)C1CCCCC1O. The molecular formula is C16H27N3O2. The molecule has 2 unspecified atom stereocenters. The van der Waals surface area contributed by atoms with Crippen LogP contribution in [0.4, 0.5) is 0 Å². The first kappa shape index (κ1) is 16.0. The van der Waals surface area contributed by atoms with E-state index in [0.717, 1.165) is 31.4 Å². The number of aromatic nitrogens is 2. The van der Waals surface area contributed by atoms with E-state index < -0.39 is 6.10 Å². The van der Waals surface area contributed by atoms with Crippen LogP contribution in [0.15, 0.2) is 6.07 Å². The van der Waals surface area contributed by atoms with E-state index in [1.807, 2.05) is 13.0 Å². The highest BCUT2D eigenvalue weighted by atomic mass is 16.3. The fraction of sp³-hybridized carbons (Fsp3) is 0.750. The molecule has 118 valence electrons. The molecule has 5 nitrogen and oxygen atoms in total. The predicted octanol–water partition coefficient (Wildman–Crippen LogP) is 2.40. The Kier molecular flexibility index (Phi) is 5.04. The van der Waals surface area contributed by atoms with E-state index in [0.29, 0.717) is 18.2 Å². The van der Waals surface area contributed by atoms with Gasteiger partial charge in [-0.25, -0.2) is 0 Å². The lowest BCUT2D eigenvalue weighted by atomic mass is 9.91. The number of aryl methyl sites for hydroxylation is 1. The lowest BCUT2D eigenvalue weighted by Gasteiger charge is -2.35. The first-order valence-corrected chi connectivity index (χ1v) is 7.98. The Labute approximate surface area is 126 Å². The third-order valence-electron chi connectivity index (χ3n) is 4.42. The molecule has 1 aliphatic carbocycles. The normalized spacial score (nSPS) is 22.6. The Balaban J connectivity index is 2.22. The molecule has 0 bridgehead atoms. The Morgan fingerprint density at radius 1 is 1.48 bits per heavy atom. The van der Waals surface area contributed by atoms with Crippen molar-refractivity contribution in [2.75, 3.05) is 7.05 Å². The number of aliphatic hydroxyl groups is 1. The van der Waals surface area contributed by atoms with Crippen LogP contribution in [-0.4, -0.2) is 44.9 Å². The van der Waals surface area contributed by atoms with Crippen LogP contribution in [0.5, 0.6) is 0 Å². The van der Waals surface area contributed by atoms with Crippen molar-refractivity contribution in [2.24, 2.45) is 0 Å². The van der Waals surface area contributed by atoms with Crippen molar-refractivity contribution in [1.82, 2.24) is 14.7 Å². The summed E-state index contributed by atoms with van der Waals surface area (Å²) in [7, 11) is 1.80. The average molecular weight is 293 g/mol. The molecule has 5 heteroatoms. The van der Waals surface area contributed by atoms with Crippen LogP contribution in [0.25, 0.3) is 0 Å². The minimum Gasteiger partial charge on any atom is -0.391 e. The molecule has 1 N–H and O–H groups in total. The molecule has 1 heterocycles. The molecular weight excluding hydrogens is 266 g/mol. The lowest BCUT2D eigenvalue weighted by molar-refractivity contribution is 0.0260. The van der Waals surface area contributed by atoms with Crippen molar-refractivity contribution in [1.29, 1.82) is 0 Å². The number of hydrogen-bond donors (Lipinski definition) is 1. The highest BCUT2D eigenvalue weighted by Crippen LogP contribution is 2.24. The van der Waals surface area contributed by atoms with Crippen molar-refractivity contribution >= 4 is 5.91 Å². The quantitative estimate of drug-likeness (QED) is 0.927. The summed E-state index contributed by atoms with van der Waals surface area (Å²) in [5.41, 5.74) is 1.57. The number of amides is 1. The summed E-state index contributed by atoms with van der Waals surface area (Å²) in [6.07, 6.45) is 3.37. The van der Waals surface area contributed by atoms with E-state index in [1.54, 1.807) is 16.6 Å². The summed E-state index contributed by atoms with van der Waals surface area (Å²) in [5, 5.41) is 14.6. The summed E-state index contributed by atoms with van der Waals surface area (Å²) >= 11 is 0. The van der Waals surface area contributed by atoms with Crippen LogP contribution in [0.2, 0.25) is 0 Å². The Morgan fingerprint density at radius 3 is 2.71 bits per heavy atom. The summed E-state index contributed by atoms with van der Waals surface area (Å²) in [6, 6.07) is 1.82. The molecule has 1 saturated carbocycles. The molecule has 2 atom stereocenters. The van der Waals surface area contributed by atoms with Crippen LogP contribution in [0, 0.1) is 0 Å². The van der Waals surface area contributed by atoms with Gasteiger partial charge in [0.2, 0.25) is 0 Å². The number of nitrogens with zero attached hydrogens (tertiary/aromatic N) is 3. The second kappa shape index (κ2) is 6.60. The standard InChI is InChI=1S/C16H27N3O2/c1-5-19-14(10-12(17-19)11(2)3)16(21)18(4)13-8-6-7-9-15(13)20/h10-11,13,15,20H,5-9H2,1-4H3. The van der Waals surface area contributed by atoms with Gasteiger partial charge in [0.25, 0.3) is 5.91 Å². The number of likely N-dealkylation sites (N-methyl/N-ethyl adjacent to an activating group) is 1. The molecule has 1 aliphatic rings. The zero-order chi connectivity index (χ0) is 15.6. The maximum Gasteiger partial charge on any atom is 0.272 e. The Bertz CT molecular complexity index is 496. The number of hydrogen-bond acceptors (Lipinski definition) is 3. The highest BCUT2D eigenvalue weighted by molar-refractivity contribution is 5.92. The summed E-state index contributed by atoms with van der Waals surface area (Å²) in [5.74, 6) is 0.261. The maximum absolute atomic E-state index is 12.8. The predicted molar refractivity (Wildman–Crippen MR) is 82.3 cm³/mol. The van der Waals surface area contributed by atoms with Gasteiger partial charge < -0.3 is 10.0 Å². The fourth-order valence-corrected chi connectivity index (χ4v) is 3.01. The van der Waals surface area contributed by atoms with E-state index in [9.17, 15) is 9.90 Å². The molecule has 1 amide bonds. The van der Waals surface area contributed by atoms with Gasteiger partial charge in [-0.15, -0.1) is 0 Å². The summed E-state index contributed by atoms with van der Waals surface area (Å²) in [6.45, 7) is 6.81. The minimum absolute atomic E-state index is 0.0396. The molecule has 1 aromatic rings. The minimum atomic E-state index is -0.407. The molecule has 2 rings (SSSR count). The number of aliphatic hydroxyl groups excluding tert-OH is 1. The topological polar surface area (TPSA) is 58.4 Å². The van der Waals surface area contributed by atoms with Crippen LogP contribution in [0.3, 0.4) is 0 Å². The van der Waals surface area contributed by atoms with E-state index >= 15 is 0 Å². The second-order valence-electron chi connectivity index (χ2n) is 6.26. The van der Waals surface area contributed by atoms with Crippen LogP contribution in [-0.2, 0) is 6.54 Å². The molecule has 0 spiro atoms. The Morgan fingerprint density at radius 2 is 2.14 bits per heavy atom. The number of rotatable bonds is 4. The van der Waals surface area contributed by atoms with E-state index in [2.05, 4.69) is 18.9 Å². The fourth-order valence-electron chi connectivity index (χ4n) is 3.01. The zero-order valence-electron chi connectivity index (χ0n) is 13.5. The maximum atomic E-state index is 12.8. The van der Waals surface area contributed by atoms with E-state index in [1.165, 1.54) is 0 Å². The van der Waals surface area contributed by atoms with Gasteiger partial charge in [-0.2, -0.15) is 5.10 Å². The van der Waals surface area contributed by atoms with Crippen LogP contribution >= 0.6 is 0 Å². The largest absolute Gasteiger partial charge is 0.391 e. The zero-order valence-corrected chi connectivity index (χ0v) is 13.5. The first-order chi connectivity index (χ1) is 9.95. The first-order valence-electron chi connectivity index (χ1n) is 7.98. The van der Waals surface area contributed by atoms with Gasteiger partial charge in [0.1, 0.15) is 5.69 Å². The lowest BCUT2D eigenvalue weighted by Crippen LogP contribution is -2.46. The molecule has 0 aromatic carbocycles. The third-order valence-corrected chi connectivity index (χ3v) is 4.42. The van der Waals surface area contributed by atoms with Crippen molar-refractivity contribution in [3.8, 4) is 0 Å². The molecule has 0 aliphatic heterocycles. The number of carbonyl (C=O) groups is 1. The highest BCUT2D eigenvalue weighted by Gasteiger charge is 2.31. The summed E-state index contributed by atoms with van der Waals surface area (Å²) in [4.78, 5) is 14.5. The van der Waals surface area contributed by atoms with Crippen molar-refractivity contribution in [3.05, 3.63) is 17.5 Å². The van der Waals surface area contributed by atoms with E-state index in [4.69, 9.17) is 0 Å². The molecule has 0 radical (unpaired) electrons. The van der Waals surface area contributed by atoms with Gasteiger partial charge in [-0.05, 0) is 31.7 Å². The smallest absolute Gasteiger partial charge is 0.272 e. The Hall–Kier alpha value is -1.36. The number of carbonyl (C=O) groups excluding carboxylic acids is 1. The molecule has 0 saturated heterocycles. The van der Waals surface area contributed by atoms with Crippen molar-refractivity contribution in [2.45, 2.75) is 71.1 Å². The third kappa shape index (κ3) is 3.28. The van der Waals surface area contributed by atoms with Gasteiger partial charge in [-0.1, -0.05) is 26.7 Å². The van der Waals surface area contributed by atoms with Gasteiger partial charge in [0, 0.05) is 13.6 Å². The van der Waals surface area contributed by atoms with Gasteiger partial charge in [-0.3, -0.25) is 9.48 Å². The van der Waals surface area contributed by atoms with Gasteiger partial charge in [0.15, 0.2) is 0 Å². The monoisotopic (exact) mass is 293 g/mol. The molecule has 21 heavy (non-hydrogen) atoms. The molecule has 1 aromatic heterocycles. The van der Waals surface area contributed by atoms with E-state index in [-0.39, 0.29) is 11.9 Å². The summed E-state index contributed by atoms with van der Waals surface area (Å²) < 4.78 is 1.77. The van der Waals surface area contributed by atoms with Crippen molar-refractivity contribution < 1.29 is 9.90 Å². The van der Waals surface area contributed by atoms with Crippen LogP contribution < -0.4 is 0 Å². The average Bonchev–Trinajstić information content (AvgIpc) is 2.90. The van der Waals surface area contributed by atoms with Crippen molar-refractivity contribution in [3.63, 3.8) is 0 Å². The second-order valence-corrected chi connectivity index (χ2v) is 6.26. The molecule has 1 fully saturated rings.